The zero-order valence-corrected chi connectivity index (χ0v) is 15.2. The summed E-state index contributed by atoms with van der Waals surface area (Å²) in [6, 6.07) is -1.46. The lowest BCUT2D eigenvalue weighted by Gasteiger charge is -2.02. The van der Waals surface area contributed by atoms with Gasteiger partial charge in [-0.2, -0.15) is 0 Å². The van der Waals surface area contributed by atoms with Crippen molar-refractivity contribution in [2.45, 2.75) is 25.9 Å². The first-order valence-electron chi connectivity index (χ1n) is 7.36. The molecule has 0 radical (unpaired) electrons. The SMILES string of the molecule is CC(N)C(=O)O.CC(N)C(=O)O.Cn1c(=O)c2c(ncn2C)n(C)c1=O. The predicted octanol–water partition coefficient (Wildman–Crippen LogP) is -2.19. The normalized spacial score (nSPS) is 12.3. The number of carboxylic acids is 2. The molecule has 2 unspecified atom stereocenters. The van der Waals surface area contributed by atoms with Crippen molar-refractivity contribution in [2.75, 3.05) is 0 Å². The molecule has 26 heavy (non-hydrogen) atoms. The second-order valence-corrected chi connectivity index (χ2v) is 5.49. The molecule has 2 heterocycles. The number of carboxylic acid groups (broad SMARTS) is 2. The molecule has 2 rings (SSSR count). The molecule has 146 valence electrons. The van der Waals surface area contributed by atoms with Crippen molar-refractivity contribution < 1.29 is 19.8 Å². The molecule has 2 atom stereocenters. The molecule has 2 aromatic rings. The maximum Gasteiger partial charge on any atom is 0.332 e. The van der Waals surface area contributed by atoms with Gasteiger partial charge in [0.1, 0.15) is 12.1 Å². The number of aromatic nitrogens is 4. The van der Waals surface area contributed by atoms with Gasteiger partial charge in [-0.05, 0) is 13.8 Å². The van der Waals surface area contributed by atoms with Crippen molar-refractivity contribution in [3.05, 3.63) is 27.2 Å². The first-order valence-corrected chi connectivity index (χ1v) is 7.36. The molecule has 0 bridgehead atoms. The van der Waals surface area contributed by atoms with E-state index in [1.807, 2.05) is 0 Å². The van der Waals surface area contributed by atoms with E-state index in [9.17, 15) is 19.2 Å². The second kappa shape index (κ2) is 9.48. The van der Waals surface area contributed by atoms with Crippen LogP contribution in [0.5, 0.6) is 0 Å². The monoisotopic (exact) mass is 372 g/mol. The lowest BCUT2D eigenvalue weighted by Crippen LogP contribution is -2.37. The molecule has 0 saturated heterocycles. The Hall–Kier alpha value is -2.99. The second-order valence-electron chi connectivity index (χ2n) is 5.49. The molecule has 0 aliphatic carbocycles. The zero-order valence-electron chi connectivity index (χ0n) is 15.2. The van der Waals surface area contributed by atoms with Gasteiger partial charge in [0.05, 0.1) is 6.33 Å². The van der Waals surface area contributed by atoms with E-state index in [1.165, 1.54) is 31.8 Å². The molecule has 12 heteroatoms. The fourth-order valence-corrected chi connectivity index (χ4v) is 1.47. The standard InChI is InChI=1S/C8H10N4O2.2C3H7NO2/c1-10-4-9-6-5(10)7(13)12(3)8(14)11(6)2;2*1-2(4)3(5)6/h4H,1-3H3;2*2H,4H2,1H3,(H,5,6). The van der Waals surface area contributed by atoms with Crippen molar-refractivity contribution in [1.29, 1.82) is 0 Å². The van der Waals surface area contributed by atoms with Gasteiger partial charge in [-0.25, -0.2) is 9.78 Å². The van der Waals surface area contributed by atoms with Crippen LogP contribution in [0.4, 0.5) is 0 Å². The van der Waals surface area contributed by atoms with Crippen molar-refractivity contribution in [2.24, 2.45) is 32.6 Å². The Morgan fingerprint density at radius 2 is 1.38 bits per heavy atom. The predicted molar refractivity (Wildman–Crippen MR) is 93.8 cm³/mol. The van der Waals surface area contributed by atoms with Gasteiger partial charge in [-0.1, -0.05) is 0 Å². The van der Waals surface area contributed by atoms with E-state index in [2.05, 4.69) is 4.98 Å². The minimum absolute atomic E-state index is 0.317. The van der Waals surface area contributed by atoms with E-state index >= 15 is 0 Å². The highest BCUT2D eigenvalue weighted by Crippen LogP contribution is 2.01. The van der Waals surface area contributed by atoms with Crippen LogP contribution < -0.4 is 22.7 Å². The van der Waals surface area contributed by atoms with Crippen molar-refractivity contribution in [1.82, 2.24) is 18.7 Å². The molecule has 12 nitrogen and oxygen atoms in total. The van der Waals surface area contributed by atoms with E-state index in [-0.39, 0.29) is 11.2 Å². The third-order valence-corrected chi connectivity index (χ3v) is 3.10. The lowest BCUT2D eigenvalue weighted by atomic mass is 10.4. The number of rotatable bonds is 2. The number of hydrogen-bond donors (Lipinski definition) is 4. The molecule has 6 N–H and O–H groups in total. The summed E-state index contributed by atoms with van der Waals surface area (Å²) in [5, 5.41) is 15.7. The molecule has 0 amide bonds. The number of hydrogen-bond acceptors (Lipinski definition) is 7. The van der Waals surface area contributed by atoms with Crippen LogP contribution in [-0.2, 0) is 30.7 Å². The quantitative estimate of drug-likeness (QED) is 0.453. The van der Waals surface area contributed by atoms with E-state index in [1.54, 1.807) is 18.7 Å². The van der Waals surface area contributed by atoms with E-state index < -0.39 is 24.0 Å². The Morgan fingerprint density at radius 1 is 1.00 bits per heavy atom. The fourth-order valence-electron chi connectivity index (χ4n) is 1.47. The van der Waals surface area contributed by atoms with Gasteiger partial charge in [0.2, 0.25) is 0 Å². The zero-order chi connectivity index (χ0) is 20.8. The molecule has 0 spiro atoms. The number of imidazole rings is 1. The van der Waals surface area contributed by atoms with Gasteiger partial charge in [0, 0.05) is 21.1 Å². The summed E-state index contributed by atoms with van der Waals surface area (Å²) in [5.41, 5.74) is 9.85. The average Bonchev–Trinajstić information content (AvgIpc) is 2.93. The summed E-state index contributed by atoms with van der Waals surface area (Å²) >= 11 is 0. The van der Waals surface area contributed by atoms with Gasteiger partial charge in [0.25, 0.3) is 5.56 Å². The summed E-state index contributed by atoms with van der Waals surface area (Å²) in [6.07, 6.45) is 1.52. The lowest BCUT2D eigenvalue weighted by molar-refractivity contribution is -0.139. The molecule has 0 aliphatic heterocycles. The summed E-state index contributed by atoms with van der Waals surface area (Å²) in [7, 11) is 4.77. The molecule has 0 saturated carbocycles. The molecule has 2 aromatic heterocycles. The van der Waals surface area contributed by atoms with Gasteiger partial charge in [0.15, 0.2) is 11.2 Å². The number of fused-ring (bicyclic) bond motifs is 1. The van der Waals surface area contributed by atoms with E-state index in [0.717, 1.165) is 4.57 Å². The van der Waals surface area contributed by atoms with Crippen LogP contribution in [0.15, 0.2) is 15.9 Å². The van der Waals surface area contributed by atoms with Gasteiger partial charge in [-0.15, -0.1) is 0 Å². The highest BCUT2D eigenvalue weighted by Gasteiger charge is 2.11. The van der Waals surface area contributed by atoms with Crippen molar-refractivity contribution >= 4 is 23.1 Å². The summed E-state index contributed by atoms with van der Waals surface area (Å²) in [5.74, 6) is -1.93. The highest BCUT2D eigenvalue weighted by atomic mass is 16.4. The summed E-state index contributed by atoms with van der Waals surface area (Å²) in [6.45, 7) is 2.84. The molecule has 0 fully saturated rings. The van der Waals surface area contributed by atoms with Gasteiger partial charge in [-0.3, -0.25) is 23.5 Å². The number of nitrogens with two attached hydrogens (primary N) is 2. The van der Waals surface area contributed by atoms with Gasteiger partial charge >= 0.3 is 17.6 Å². The summed E-state index contributed by atoms with van der Waals surface area (Å²) < 4.78 is 4.04. The van der Waals surface area contributed by atoms with E-state index in [4.69, 9.17) is 21.7 Å². The first kappa shape index (κ1) is 23.0. The molecule has 0 aromatic carbocycles. The average molecular weight is 372 g/mol. The van der Waals surface area contributed by atoms with Crippen LogP contribution in [0.3, 0.4) is 0 Å². The van der Waals surface area contributed by atoms with Crippen LogP contribution in [-0.4, -0.2) is 52.9 Å². The Kier molecular flexibility index (Phi) is 8.39. The summed E-state index contributed by atoms with van der Waals surface area (Å²) in [4.78, 5) is 46.3. The minimum atomic E-state index is -0.963. The Bertz CT molecular complexity index is 874. The molecule has 0 aliphatic rings. The Balaban J connectivity index is 0.000000437. The highest BCUT2D eigenvalue weighted by molar-refractivity contribution is 5.72. The third kappa shape index (κ3) is 5.82. The Morgan fingerprint density at radius 3 is 1.73 bits per heavy atom. The number of aryl methyl sites for hydroxylation is 2. The van der Waals surface area contributed by atoms with Crippen LogP contribution >= 0.6 is 0 Å². The number of nitrogens with zero attached hydrogens (tertiary/aromatic N) is 4. The first-order chi connectivity index (χ1) is 11.8. The maximum atomic E-state index is 11.7. The Labute approximate surface area is 148 Å². The van der Waals surface area contributed by atoms with Crippen molar-refractivity contribution in [3.63, 3.8) is 0 Å². The van der Waals surface area contributed by atoms with Crippen LogP contribution in [0, 0.1) is 0 Å². The van der Waals surface area contributed by atoms with Crippen molar-refractivity contribution in [3.8, 4) is 0 Å². The van der Waals surface area contributed by atoms with Crippen LogP contribution in [0.1, 0.15) is 13.8 Å². The largest absolute Gasteiger partial charge is 0.480 e. The van der Waals surface area contributed by atoms with Crippen LogP contribution in [0.25, 0.3) is 11.2 Å². The third-order valence-electron chi connectivity index (χ3n) is 3.10. The fraction of sp³-hybridized carbons (Fsp3) is 0.500. The van der Waals surface area contributed by atoms with E-state index in [0.29, 0.717) is 11.2 Å². The topological polar surface area (TPSA) is 188 Å². The van der Waals surface area contributed by atoms with Gasteiger partial charge < -0.3 is 26.2 Å². The van der Waals surface area contributed by atoms with Crippen LogP contribution in [0.2, 0.25) is 0 Å². The number of carbonyl (C=O) groups is 2. The molecular weight excluding hydrogens is 348 g/mol. The number of aliphatic carboxylic acids is 2. The maximum absolute atomic E-state index is 11.7. The molecular formula is C14H24N6O6. The smallest absolute Gasteiger partial charge is 0.332 e. The minimum Gasteiger partial charge on any atom is -0.480 e.